The van der Waals surface area contributed by atoms with Gasteiger partial charge in [-0.3, -0.25) is 9.59 Å². The minimum absolute atomic E-state index is 0.0404. The van der Waals surface area contributed by atoms with Crippen LogP contribution in [0.4, 0.5) is 5.13 Å². The molecule has 1 aliphatic rings. The van der Waals surface area contributed by atoms with Crippen LogP contribution in [0.3, 0.4) is 0 Å². The van der Waals surface area contributed by atoms with E-state index in [9.17, 15) is 9.59 Å². The Balaban J connectivity index is 1.61. The van der Waals surface area contributed by atoms with Crippen LogP contribution < -0.4 is 5.32 Å². The molecule has 2 heterocycles. The zero-order chi connectivity index (χ0) is 16.2. The molecule has 1 aromatic heterocycles. The first-order chi connectivity index (χ1) is 11.2. The van der Waals surface area contributed by atoms with Crippen molar-refractivity contribution in [3.8, 4) is 11.3 Å². The molecule has 3 rings (SSSR count). The molecule has 7 heteroatoms. The van der Waals surface area contributed by atoms with Crippen LogP contribution in [0.2, 0.25) is 0 Å². The Kier molecular flexibility index (Phi) is 4.93. The molecule has 1 N–H and O–H groups in total. The first kappa shape index (κ1) is 16.0. The second-order valence-electron chi connectivity index (χ2n) is 5.35. The number of amides is 2. The van der Waals surface area contributed by atoms with E-state index in [4.69, 9.17) is 11.6 Å². The summed E-state index contributed by atoms with van der Waals surface area (Å²) >= 11 is 6.95. The number of benzene rings is 1. The minimum atomic E-state index is -0.203. The van der Waals surface area contributed by atoms with Crippen LogP contribution in [-0.4, -0.2) is 40.7 Å². The predicted octanol–water partition coefficient (Wildman–Crippen LogP) is 2.84. The minimum Gasteiger partial charge on any atom is -0.341 e. The number of anilines is 1. The van der Waals surface area contributed by atoms with E-state index in [1.807, 2.05) is 35.7 Å². The van der Waals surface area contributed by atoms with Crippen LogP contribution >= 0.6 is 22.9 Å². The summed E-state index contributed by atoms with van der Waals surface area (Å²) in [6.07, 6.45) is 0.658. The Morgan fingerprint density at radius 1 is 1.35 bits per heavy atom. The van der Waals surface area contributed by atoms with Crippen LogP contribution in [0.25, 0.3) is 11.3 Å². The first-order valence-electron chi connectivity index (χ1n) is 7.33. The SMILES string of the molecule is O=C(Nc1nc(-c2ccccc2)cs1)C1CCN(C(=O)CCl)C1. The number of alkyl halides is 1. The molecule has 1 fully saturated rings. The zero-order valence-corrected chi connectivity index (χ0v) is 13.9. The van der Waals surface area contributed by atoms with Crippen molar-refractivity contribution in [2.45, 2.75) is 6.42 Å². The third-order valence-corrected chi connectivity index (χ3v) is 4.82. The van der Waals surface area contributed by atoms with Crippen LogP contribution in [0.5, 0.6) is 0 Å². The smallest absolute Gasteiger partial charge is 0.237 e. The van der Waals surface area contributed by atoms with Crippen molar-refractivity contribution < 1.29 is 9.59 Å². The summed E-state index contributed by atoms with van der Waals surface area (Å²) in [7, 11) is 0. The van der Waals surface area contributed by atoms with Crippen molar-refractivity contribution >= 4 is 39.9 Å². The molecule has 1 aliphatic heterocycles. The molecule has 5 nitrogen and oxygen atoms in total. The molecule has 0 radical (unpaired) electrons. The maximum Gasteiger partial charge on any atom is 0.237 e. The normalized spacial score (nSPS) is 17.3. The number of halogens is 1. The lowest BCUT2D eigenvalue weighted by Gasteiger charge is -2.14. The lowest BCUT2D eigenvalue weighted by molar-refractivity contribution is -0.127. The van der Waals surface area contributed by atoms with E-state index in [1.54, 1.807) is 4.90 Å². The second-order valence-corrected chi connectivity index (χ2v) is 6.48. The van der Waals surface area contributed by atoms with Gasteiger partial charge < -0.3 is 10.2 Å². The maximum atomic E-state index is 12.3. The molecule has 0 saturated carbocycles. The van der Waals surface area contributed by atoms with Crippen LogP contribution in [0.1, 0.15) is 6.42 Å². The molecule has 0 aliphatic carbocycles. The number of hydrogen-bond donors (Lipinski definition) is 1. The molecule has 1 saturated heterocycles. The molecule has 2 aromatic rings. The average Bonchev–Trinajstić information content (AvgIpc) is 3.24. The first-order valence-corrected chi connectivity index (χ1v) is 8.74. The standard InChI is InChI=1S/C16H16ClN3O2S/c17-8-14(21)20-7-6-12(9-20)15(22)19-16-18-13(10-23-16)11-4-2-1-3-5-11/h1-5,10,12H,6-9H2,(H,18,19,22). The van der Waals surface area contributed by atoms with Gasteiger partial charge >= 0.3 is 0 Å². The van der Waals surface area contributed by atoms with Gasteiger partial charge in [0.15, 0.2) is 5.13 Å². The molecule has 1 unspecified atom stereocenters. The van der Waals surface area contributed by atoms with Gasteiger partial charge in [0.1, 0.15) is 5.88 Å². The average molecular weight is 350 g/mol. The van der Waals surface area contributed by atoms with Gasteiger partial charge in [-0.15, -0.1) is 22.9 Å². The highest BCUT2D eigenvalue weighted by molar-refractivity contribution is 7.14. The van der Waals surface area contributed by atoms with Crippen LogP contribution in [-0.2, 0) is 9.59 Å². The largest absolute Gasteiger partial charge is 0.341 e. The maximum absolute atomic E-state index is 12.3. The summed E-state index contributed by atoms with van der Waals surface area (Å²) in [5.74, 6) is -0.459. The third-order valence-electron chi connectivity index (χ3n) is 3.83. The molecule has 0 bridgehead atoms. The van der Waals surface area contributed by atoms with Gasteiger partial charge in [0.05, 0.1) is 11.6 Å². The Hall–Kier alpha value is -1.92. The van der Waals surface area contributed by atoms with E-state index >= 15 is 0 Å². The summed E-state index contributed by atoms with van der Waals surface area (Å²) in [5.41, 5.74) is 1.86. The van der Waals surface area contributed by atoms with Crippen molar-refractivity contribution in [1.82, 2.24) is 9.88 Å². The summed E-state index contributed by atoms with van der Waals surface area (Å²) < 4.78 is 0. The number of nitrogens with zero attached hydrogens (tertiary/aromatic N) is 2. The number of carbonyl (C=O) groups is 2. The van der Waals surface area contributed by atoms with Crippen molar-refractivity contribution in [2.75, 3.05) is 24.3 Å². The lowest BCUT2D eigenvalue weighted by atomic mass is 10.1. The molecule has 120 valence electrons. The van der Waals surface area contributed by atoms with Gasteiger partial charge in [0.25, 0.3) is 0 Å². The molecule has 2 amide bonds. The van der Waals surface area contributed by atoms with Crippen molar-refractivity contribution in [2.24, 2.45) is 5.92 Å². The number of nitrogens with one attached hydrogen (secondary N) is 1. The summed E-state index contributed by atoms with van der Waals surface area (Å²) in [6.45, 7) is 1.01. The van der Waals surface area contributed by atoms with E-state index < -0.39 is 0 Å². The number of aromatic nitrogens is 1. The summed E-state index contributed by atoms with van der Waals surface area (Å²) in [4.78, 5) is 29.9. The fourth-order valence-corrected chi connectivity index (χ4v) is 3.46. The van der Waals surface area contributed by atoms with E-state index in [2.05, 4.69) is 10.3 Å². The number of thiazole rings is 1. The van der Waals surface area contributed by atoms with E-state index in [-0.39, 0.29) is 23.6 Å². The molecule has 1 atom stereocenters. The number of rotatable bonds is 4. The van der Waals surface area contributed by atoms with Gasteiger partial charge in [-0.1, -0.05) is 30.3 Å². The summed E-state index contributed by atoms with van der Waals surface area (Å²) in [6, 6.07) is 9.81. The molecule has 1 aromatic carbocycles. The fraction of sp³-hybridized carbons (Fsp3) is 0.312. The van der Waals surface area contributed by atoms with Gasteiger partial charge in [-0.2, -0.15) is 0 Å². The second kappa shape index (κ2) is 7.10. The van der Waals surface area contributed by atoms with Gasteiger partial charge in [-0.05, 0) is 6.42 Å². The Morgan fingerprint density at radius 2 is 2.13 bits per heavy atom. The Bertz CT molecular complexity index is 704. The quantitative estimate of drug-likeness (QED) is 0.863. The van der Waals surface area contributed by atoms with Crippen LogP contribution in [0.15, 0.2) is 35.7 Å². The topological polar surface area (TPSA) is 62.3 Å². The van der Waals surface area contributed by atoms with E-state index in [1.165, 1.54) is 11.3 Å². The van der Waals surface area contributed by atoms with Gasteiger partial charge in [-0.25, -0.2) is 4.98 Å². The van der Waals surface area contributed by atoms with Crippen molar-refractivity contribution in [3.63, 3.8) is 0 Å². The van der Waals surface area contributed by atoms with Crippen molar-refractivity contribution in [3.05, 3.63) is 35.7 Å². The third kappa shape index (κ3) is 3.71. The predicted molar refractivity (Wildman–Crippen MR) is 91.6 cm³/mol. The zero-order valence-electron chi connectivity index (χ0n) is 12.4. The monoisotopic (exact) mass is 349 g/mol. The number of hydrogen-bond acceptors (Lipinski definition) is 4. The lowest BCUT2D eigenvalue weighted by Crippen LogP contribution is -2.32. The van der Waals surface area contributed by atoms with E-state index in [0.29, 0.717) is 24.6 Å². The molecule has 0 spiro atoms. The molecular weight excluding hydrogens is 334 g/mol. The Morgan fingerprint density at radius 3 is 2.87 bits per heavy atom. The highest BCUT2D eigenvalue weighted by Gasteiger charge is 2.30. The van der Waals surface area contributed by atoms with Crippen LogP contribution in [0, 0.1) is 5.92 Å². The van der Waals surface area contributed by atoms with Crippen molar-refractivity contribution in [1.29, 1.82) is 0 Å². The Labute approximate surface area is 143 Å². The highest BCUT2D eigenvalue weighted by atomic mass is 35.5. The number of likely N-dealkylation sites (tertiary alicyclic amines) is 1. The van der Waals surface area contributed by atoms with E-state index in [0.717, 1.165) is 11.3 Å². The molecule has 23 heavy (non-hydrogen) atoms. The van der Waals surface area contributed by atoms with Gasteiger partial charge in [0, 0.05) is 24.0 Å². The van der Waals surface area contributed by atoms with Gasteiger partial charge in [0.2, 0.25) is 11.8 Å². The number of carbonyl (C=O) groups excluding carboxylic acids is 2. The fourth-order valence-electron chi connectivity index (χ4n) is 2.57. The highest BCUT2D eigenvalue weighted by Crippen LogP contribution is 2.26. The molecular formula is C16H16ClN3O2S. The summed E-state index contributed by atoms with van der Waals surface area (Å²) in [5, 5.41) is 5.35.